The molecule has 0 unspecified atom stereocenters. The highest BCUT2D eigenvalue weighted by molar-refractivity contribution is 6.02. The second-order valence-electron chi connectivity index (χ2n) is 5.62. The minimum absolute atomic E-state index is 0.129. The van der Waals surface area contributed by atoms with Gasteiger partial charge in [-0.25, -0.2) is 14.2 Å². The highest BCUT2D eigenvalue weighted by Crippen LogP contribution is 2.37. The third kappa shape index (κ3) is 2.92. The zero-order valence-corrected chi connectivity index (χ0v) is 13.5. The van der Waals surface area contributed by atoms with Crippen molar-refractivity contribution in [1.82, 2.24) is 14.5 Å². The van der Waals surface area contributed by atoms with E-state index in [0.29, 0.717) is 19.5 Å². The Labute approximate surface area is 145 Å². The van der Waals surface area contributed by atoms with Gasteiger partial charge in [0.1, 0.15) is 11.3 Å². The summed E-state index contributed by atoms with van der Waals surface area (Å²) in [6.07, 6.45) is 6.63. The molecule has 2 heterocycles. The number of anilines is 2. The Hall–Kier alpha value is -3.56. The first kappa shape index (κ1) is 17.3. The number of aromatic carboxylic acids is 1. The minimum atomic E-state index is -1.48. The maximum atomic E-state index is 14.5. The summed E-state index contributed by atoms with van der Waals surface area (Å²) in [5, 5.41) is 21.7. The predicted octanol–water partition coefficient (Wildman–Crippen LogP) is 1.35. The lowest BCUT2D eigenvalue weighted by atomic mass is 10.1. The maximum Gasteiger partial charge on any atom is 0.341 e. The Morgan fingerprint density at radius 3 is 2.88 bits per heavy atom. The van der Waals surface area contributed by atoms with Crippen LogP contribution in [0, 0.1) is 5.82 Å². The number of aromatic hydroxyl groups is 1. The van der Waals surface area contributed by atoms with Gasteiger partial charge < -0.3 is 30.8 Å². The van der Waals surface area contributed by atoms with Crippen LogP contribution in [0.25, 0.3) is 10.9 Å². The molecule has 0 amide bonds. The van der Waals surface area contributed by atoms with Crippen LogP contribution in [0.1, 0.15) is 16.8 Å². The van der Waals surface area contributed by atoms with E-state index in [2.05, 4.69) is 15.3 Å². The largest absolute Gasteiger partial charge is 0.504 e. The number of fused-ring (bicyclic) bond motifs is 1. The number of benzene rings is 1. The monoisotopic (exact) mass is 361 g/mol. The minimum Gasteiger partial charge on any atom is -0.504 e. The summed E-state index contributed by atoms with van der Waals surface area (Å²) >= 11 is 0. The molecule has 3 aromatic rings. The molecule has 0 aliphatic heterocycles. The zero-order chi connectivity index (χ0) is 18.8. The van der Waals surface area contributed by atoms with Crippen LogP contribution < -0.4 is 16.5 Å². The normalized spacial score (nSPS) is 11.0. The van der Waals surface area contributed by atoms with Gasteiger partial charge in [-0.1, -0.05) is 0 Å². The van der Waals surface area contributed by atoms with Gasteiger partial charge in [-0.2, -0.15) is 0 Å². The maximum absolute atomic E-state index is 14.5. The number of aromatic amines is 1. The molecule has 0 spiro atoms. The predicted molar refractivity (Wildman–Crippen MR) is 92.9 cm³/mol. The fourth-order valence-corrected chi connectivity index (χ4v) is 2.66. The summed E-state index contributed by atoms with van der Waals surface area (Å²) in [5.74, 6) is -3.02. The number of halogens is 1. The number of H-pyrrole nitrogens is 1. The van der Waals surface area contributed by atoms with E-state index in [1.54, 1.807) is 18.7 Å². The number of pyridine rings is 1. The highest BCUT2D eigenvalue weighted by atomic mass is 19.1. The molecule has 0 fully saturated rings. The summed E-state index contributed by atoms with van der Waals surface area (Å²) in [4.78, 5) is 29.7. The second-order valence-corrected chi connectivity index (χ2v) is 5.62. The summed E-state index contributed by atoms with van der Waals surface area (Å²) in [6, 6.07) is 0. The van der Waals surface area contributed by atoms with E-state index in [1.165, 1.54) is 0 Å². The molecule has 2 aromatic heterocycles. The van der Waals surface area contributed by atoms with Crippen LogP contribution in [0.5, 0.6) is 5.75 Å². The van der Waals surface area contributed by atoms with Gasteiger partial charge in [-0.3, -0.25) is 4.79 Å². The Morgan fingerprint density at radius 1 is 1.46 bits per heavy atom. The van der Waals surface area contributed by atoms with Crippen molar-refractivity contribution in [2.24, 2.45) is 0 Å². The summed E-state index contributed by atoms with van der Waals surface area (Å²) in [5.41, 5.74) is 3.22. The number of nitrogens with two attached hydrogens (primary N) is 1. The van der Waals surface area contributed by atoms with E-state index >= 15 is 0 Å². The Kier molecular flexibility index (Phi) is 4.48. The van der Waals surface area contributed by atoms with Crippen molar-refractivity contribution >= 4 is 28.2 Å². The van der Waals surface area contributed by atoms with Crippen molar-refractivity contribution in [2.45, 2.75) is 13.0 Å². The highest BCUT2D eigenvalue weighted by Gasteiger charge is 2.22. The topological polar surface area (TPSA) is 146 Å². The molecule has 9 nitrogen and oxygen atoms in total. The van der Waals surface area contributed by atoms with Crippen LogP contribution in [-0.2, 0) is 6.54 Å². The van der Waals surface area contributed by atoms with E-state index in [4.69, 9.17) is 10.8 Å². The molecule has 3 rings (SSSR count). The average Bonchev–Trinajstić information content (AvgIpc) is 3.12. The molecule has 1 aromatic carbocycles. The summed E-state index contributed by atoms with van der Waals surface area (Å²) in [7, 11) is 0. The number of hydrogen-bond donors (Lipinski definition) is 5. The van der Waals surface area contributed by atoms with Crippen LogP contribution in [0.15, 0.2) is 29.7 Å². The third-order valence-electron chi connectivity index (χ3n) is 3.97. The Balaban J connectivity index is 1.93. The number of imidazole rings is 1. The molecule has 136 valence electrons. The number of carbonyl (C=O) groups is 1. The van der Waals surface area contributed by atoms with E-state index in [0.717, 1.165) is 6.20 Å². The lowest BCUT2D eigenvalue weighted by molar-refractivity contribution is 0.0695. The number of phenols is 1. The Bertz CT molecular complexity index is 1030. The van der Waals surface area contributed by atoms with Gasteiger partial charge in [0, 0.05) is 31.7 Å². The molecule has 0 bridgehead atoms. The first-order valence-corrected chi connectivity index (χ1v) is 7.70. The van der Waals surface area contributed by atoms with E-state index < -0.39 is 39.6 Å². The average molecular weight is 361 g/mol. The SMILES string of the molecule is Nc1c(F)c(NCCCn2ccnc2)c(O)c2[nH]cc(C(=O)O)c(=O)c12. The number of nitrogens with zero attached hydrogens (tertiary/aromatic N) is 2. The molecule has 0 aliphatic carbocycles. The summed E-state index contributed by atoms with van der Waals surface area (Å²) < 4.78 is 16.4. The lowest BCUT2D eigenvalue weighted by Crippen LogP contribution is -2.18. The van der Waals surface area contributed by atoms with Gasteiger partial charge in [-0.15, -0.1) is 0 Å². The van der Waals surface area contributed by atoms with Gasteiger partial charge in [0.15, 0.2) is 11.6 Å². The lowest BCUT2D eigenvalue weighted by Gasteiger charge is -2.14. The molecule has 0 radical (unpaired) electrons. The standard InChI is InChI=1S/C16H16FN5O4/c17-10-11(18)9-12(21-6-8(14(9)23)16(25)26)15(24)13(10)20-2-1-4-22-5-3-19-7-22/h3,5-7,20,24H,1-2,4,18H2,(H,21,23)(H,25,26). The molecular formula is C16H16FN5O4. The first-order chi connectivity index (χ1) is 12.4. The van der Waals surface area contributed by atoms with Gasteiger partial charge >= 0.3 is 5.97 Å². The first-order valence-electron chi connectivity index (χ1n) is 7.70. The number of aromatic nitrogens is 3. The van der Waals surface area contributed by atoms with Crippen molar-refractivity contribution in [2.75, 3.05) is 17.6 Å². The zero-order valence-electron chi connectivity index (χ0n) is 13.5. The van der Waals surface area contributed by atoms with Crippen molar-refractivity contribution in [3.05, 3.63) is 46.5 Å². The molecule has 0 saturated carbocycles. The number of hydrogen-bond acceptors (Lipinski definition) is 6. The molecule has 10 heteroatoms. The van der Waals surface area contributed by atoms with Gasteiger partial charge in [0.2, 0.25) is 5.43 Å². The van der Waals surface area contributed by atoms with Crippen molar-refractivity contribution in [3.63, 3.8) is 0 Å². The number of phenolic OH excluding ortho intramolecular Hbond substituents is 1. The number of nitrogen functional groups attached to an aromatic ring is 1. The molecular weight excluding hydrogens is 345 g/mol. The van der Waals surface area contributed by atoms with Crippen LogP contribution in [-0.4, -0.2) is 37.3 Å². The van der Waals surface area contributed by atoms with Crippen molar-refractivity contribution in [3.8, 4) is 5.75 Å². The van der Waals surface area contributed by atoms with Gasteiger partial charge in [0.25, 0.3) is 0 Å². The fraction of sp³-hybridized carbons (Fsp3) is 0.188. The number of carboxylic acids is 1. The van der Waals surface area contributed by atoms with Gasteiger partial charge in [0.05, 0.1) is 22.9 Å². The molecule has 0 saturated heterocycles. The number of rotatable bonds is 6. The van der Waals surface area contributed by atoms with Crippen LogP contribution in [0.4, 0.5) is 15.8 Å². The Morgan fingerprint density at radius 2 is 2.23 bits per heavy atom. The summed E-state index contributed by atoms with van der Waals surface area (Å²) in [6.45, 7) is 0.961. The molecule has 6 N–H and O–H groups in total. The molecule has 0 atom stereocenters. The molecule has 0 aliphatic rings. The van der Waals surface area contributed by atoms with E-state index in [9.17, 15) is 19.1 Å². The quantitative estimate of drug-likeness (QED) is 0.193. The van der Waals surface area contributed by atoms with E-state index in [1.807, 2.05) is 4.57 Å². The fourth-order valence-electron chi connectivity index (χ4n) is 2.66. The second kappa shape index (κ2) is 6.75. The number of aryl methyl sites for hydroxylation is 1. The van der Waals surface area contributed by atoms with Crippen molar-refractivity contribution < 1.29 is 19.4 Å². The number of nitrogens with one attached hydrogen (secondary N) is 2. The van der Waals surface area contributed by atoms with Crippen molar-refractivity contribution in [1.29, 1.82) is 0 Å². The van der Waals surface area contributed by atoms with Crippen LogP contribution >= 0.6 is 0 Å². The van der Waals surface area contributed by atoms with E-state index in [-0.39, 0.29) is 11.2 Å². The third-order valence-corrected chi connectivity index (χ3v) is 3.97. The van der Waals surface area contributed by atoms with Crippen LogP contribution in [0.2, 0.25) is 0 Å². The number of carboxylic acid groups (broad SMARTS) is 1. The van der Waals surface area contributed by atoms with Gasteiger partial charge in [-0.05, 0) is 6.42 Å². The smallest absolute Gasteiger partial charge is 0.341 e. The molecule has 26 heavy (non-hydrogen) atoms. The van der Waals surface area contributed by atoms with Crippen LogP contribution in [0.3, 0.4) is 0 Å².